The minimum Gasteiger partial charge on any atom is -0.436 e. The highest BCUT2D eigenvalue weighted by Crippen LogP contribution is 2.17. The minimum atomic E-state index is 0.374. The Morgan fingerprint density at radius 1 is 1.19 bits per heavy atom. The Hall–Kier alpha value is -2.01. The quantitative estimate of drug-likeness (QED) is 0.840. The molecule has 0 fully saturated rings. The molecule has 0 atom stereocenters. The van der Waals surface area contributed by atoms with Crippen LogP contribution < -0.4 is 10.5 Å². The van der Waals surface area contributed by atoms with Gasteiger partial charge in [0.2, 0.25) is 5.88 Å². The zero-order chi connectivity index (χ0) is 11.4. The van der Waals surface area contributed by atoms with Crippen LogP contribution in [0.25, 0.3) is 0 Å². The van der Waals surface area contributed by atoms with Crippen molar-refractivity contribution in [2.75, 3.05) is 0 Å². The third kappa shape index (κ3) is 2.52. The molecule has 0 amide bonds. The normalized spacial score (nSPS) is 10.1. The molecule has 0 spiro atoms. The number of nitrogens with two attached hydrogens (primary N) is 1. The summed E-state index contributed by atoms with van der Waals surface area (Å²) in [4.78, 5) is 4.12. The van der Waals surface area contributed by atoms with E-state index in [0.717, 1.165) is 11.4 Å². The first kappa shape index (κ1) is 10.5. The Balaban J connectivity index is 2.11. The van der Waals surface area contributed by atoms with E-state index in [2.05, 4.69) is 15.2 Å². The fourth-order valence-electron chi connectivity index (χ4n) is 1.15. The van der Waals surface area contributed by atoms with Crippen molar-refractivity contribution in [1.82, 2.24) is 15.2 Å². The number of aryl methyl sites for hydroxylation is 1. The van der Waals surface area contributed by atoms with Crippen molar-refractivity contribution < 1.29 is 4.74 Å². The molecular formula is C11H12N4O. The number of hydrogen-bond donors (Lipinski definition) is 1. The number of aromatic nitrogens is 3. The van der Waals surface area contributed by atoms with Crippen molar-refractivity contribution in [2.45, 2.75) is 13.5 Å². The number of rotatable bonds is 3. The summed E-state index contributed by atoms with van der Waals surface area (Å²) in [5.74, 6) is 1.07. The van der Waals surface area contributed by atoms with Crippen LogP contribution in [0.3, 0.4) is 0 Å². The molecule has 0 unspecified atom stereocenters. The number of nitrogens with zero attached hydrogens (tertiary/aromatic N) is 3. The van der Waals surface area contributed by atoms with Gasteiger partial charge in [-0.1, -0.05) is 0 Å². The van der Waals surface area contributed by atoms with Crippen molar-refractivity contribution in [1.29, 1.82) is 0 Å². The van der Waals surface area contributed by atoms with Gasteiger partial charge in [0.05, 0.1) is 11.9 Å². The lowest BCUT2D eigenvalue weighted by Gasteiger charge is -2.03. The van der Waals surface area contributed by atoms with Gasteiger partial charge in [0, 0.05) is 18.3 Å². The van der Waals surface area contributed by atoms with Gasteiger partial charge in [-0.05, 0) is 25.1 Å². The summed E-state index contributed by atoms with van der Waals surface area (Å²) in [6.07, 6.45) is 1.65. The summed E-state index contributed by atoms with van der Waals surface area (Å²) in [6.45, 7) is 2.29. The summed E-state index contributed by atoms with van der Waals surface area (Å²) in [6, 6.07) is 7.22. The molecular weight excluding hydrogens is 204 g/mol. The third-order valence-electron chi connectivity index (χ3n) is 2.01. The van der Waals surface area contributed by atoms with E-state index in [1.54, 1.807) is 18.3 Å². The van der Waals surface area contributed by atoms with Crippen LogP contribution in [0.2, 0.25) is 0 Å². The molecule has 2 aromatic heterocycles. The topological polar surface area (TPSA) is 73.9 Å². The average Bonchev–Trinajstić information content (AvgIpc) is 2.33. The highest BCUT2D eigenvalue weighted by molar-refractivity contribution is 5.24. The van der Waals surface area contributed by atoms with E-state index in [9.17, 15) is 0 Å². The highest BCUT2D eigenvalue weighted by atomic mass is 16.5. The van der Waals surface area contributed by atoms with E-state index in [0.29, 0.717) is 18.2 Å². The van der Waals surface area contributed by atoms with Crippen LogP contribution in [0.15, 0.2) is 30.5 Å². The summed E-state index contributed by atoms with van der Waals surface area (Å²) in [5.41, 5.74) is 7.09. The lowest BCUT2D eigenvalue weighted by atomic mass is 10.4. The largest absolute Gasteiger partial charge is 0.436 e. The minimum absolute atomic E-state index is 0.374. The molecule has 0 aromatic carbocycles. The molecule has 82 valence electrons. The van der Waals surface area contributed by atoms with Crippen LogP contribution in [-0.2, 0) is 6.54 Å². The molecule has 2 aromatic rings. The molecule has 0 aliphatic heterocycles. The second kappa shape index (κ2) is 4.67. The standard InChI is InChI=1S/C11H12N4O/c1-8-2-4-10(7-13-8)16-11-5-3-9(6-12)14-15-11/h2-5,7H,6,12H2,1H3. The van der Waals surface area contributed by atoms with Gasteiger partial charge in [0.15, 0.2) is 0 Å². The van der Waals surface area contributed by atoms with Crippen molar-refractivity contribution in [3.63, 3.8) is 0 Å². The highest BCUT2D eigenvalue weighted by Gasteiger charge is 1.99. The molecule has 0 saturated carbocycles. The second-order valence-corrected chi connectivity index (χ2v) is 3.30. The molecule has 2 N–H and O–H groups in total. The van der Waals surface area contributed by atoms with E-state index >= 15 is 0 Å². The predicted octanol–water partition coefficient (Wildman–Crippen LogP) is 1.43. The van der Waals surface area contributed by atoms with Gasteiger partial charge in [0.1, 0.15) is 5.75 Å². The Kier molecular flexibility index (Phi) is 3.07. The molecule has 0 aliphatic carbocycles. The van der Waals surface area contributed by atoms with Crippen molar-refractivity contribution in [3.05, 3.63) is 41.9 Å². The fourth-order valence-corrected chi connectivity index (χ4v) is 1.15. The van der Waals surface area contributed by atoms with Crippen LogP contribution >= 0.6 is 0 Å². The molecule has 0 bridgehead atoms. The number of hydrogen-bond acceptors (Lipinski definition) is 5. The Morgan fingerprint density at radius 2 is 2.06 bits per heavy atom. The molecule has 5 nitrogen and oxygen atoms in total. The smallest absolute Gasteiger partial charge is 0.238 e. The Bertz CT molecular complexity index is 452. The maximum absolute atomic E-state index is 5.46. The van der Waals surface area contributed by atoms with Crippen LogP contribution in [0, 0.1) is 6.92 Å². The monoisotopic (exact) mass is 216 g/mol. The van der Waals surface area contributed by atoms with Crippen LogP contribution in [0.1, 0.15) is 11.4 Å². The van der Waals surface area contributed by atoms with Crippen LogP contribution in [-0.4, -0.2) is 15.2 Å². The van der Waals surface area contributed by atoms with Crippen molar-refractivity contribution in [3.8, 4) is 11.6 Å². The molecule has 5 heteroatoms. The van der Waals surface area contributed by atoms with Crippen molar-refractivity contribution in [2.24, 2.45) is 5.73 Å². The lowest BCUT2D eigenvalue weighted by Crippen LogP contribution is -2.01. The van der Waals surface area contributed by atoms with Gasteiger partial charge in [0.25, 0.3) is 0 Å². The van der Waals surface area contributed by atoms with E-state index in [1.807, 2.05) is 19.1 Å². The van der Waals surface area contributed by atoms with E-state index in [4.69, 9.17) is 10.5 Å². The number of ether oxygens (including phenoxy) is 1. The first-order chi connectivity index (χ1) is 7.78. The maximum Gasteiger partial charge on any atom is 0.238 e. The lowest BCUT2D eigenvalue weighted by molar-refractivity contribution is 0.451. The van der Waals surface area contributed by atoms with E-state index in [1.165, 1.54) is 0 Å². The fraction of sp³-hybridized carbons (Fsp3) is 0.182. The van der Waals surface area contributed by atoms with Crippen LogP contribution in [0.5, 0.6) is 11.6 Å². The zero-order valence-electron chi connectivity index (χ0n) is 8.92. The first-order valence-corrected chi connectivity index (χ1v) is 4.91. The van der Waals surface area contributed by atoms with Crippen molar-refractivity contribution >= 4 is 0 Å². The summed E-state index contributed by atoms with van der Waals surface area (Å²) in [5, 5.41) is 7.78. The molecule has 2 heterocycles. The summed E-state index contributed by atoms with van der Waals surface area (Å²) >= 11 is 0. The van der Waals surface area contributed by atoms with Gasteiger partial charge in [-0.2, -0.15) is 5.10 Å². The zero-order valence-corrected chi connectivity index (χ0v) is 8.92. The van der Waals surface area contributed by atoms with Gasteiger partial charge in [-0.25, -0.2) is 0 Å². The summed E-state index contributed by atoms with van der Waals surface area (Å²) in [7, 11) is 0. The van der Waals surface area contributed by atoms with Crippen LogP contribution in [0.4, 0.5) is 0 Å². The molecule has 2 rings (SSSR count). The number of pyridine rings is 1. The summed E-state index contributed by atoms with van der Waals surface area (Å²) < 4.78 is 5.46. The third-order valence-corrected chi connectivity index (χ3v) is 2.01. The SMILES string of the molecule is Cc1ccc(Oc2ccc(CN)nn2)cn1. The Labute approximate surface area is 93.3 Å². The molecule has 16 heavy (non-hydrogen) atoms. The molecule has 0 radical (unpaired) electrons. The van der Waals surface area contributed by atoms with E-state index in [-0.39, 0.29) is 0 Å². The molecule has 0 saturated heterocycles. The first-order valence-electron chi connectivity index (χ1n) is 4.91. The van der Waals surface area contributed by atoms with Gasteiger partial charge < -0.3 is 10.5 Å². The molecule has 0 aliphatic rings. The van der Waals surface area contributed by atoms with Gasteiger partial charge >= 0.3 is 0 Å². The average molecular weight is 216 g/mol. The van der Waals surface area contributed by atoms with Gasteiger partial charge in [-0.3, -0.25) is 4.98 Å². The maximum atomic E-state index is 5.46. The predicted molar refractivity (Wildman–Crippen MR) is 59.0 cm³/mol. The Morgan fingerprint density at radius 3 is 2.62 bits per heavy atom. The second-order valence-electron chi connectivity index (χ2n) is 3.30. The van der Waals surface area contributed by atoms with Gasteiger partial charge in [-0.15, -0.1) is 5.10 Å². The van der Waals surface area contributed by atoms with E-state index < -0.39 is 0 Å².